The van der Waals surface area contributed by atoms with Gasteiger partial charge in [0.15, 0.2) is 0 Å². The van der Waals surface area contributed by atoms with Crippen molar-refractivity contribution in [3.05, 3.63) is 54.5 Å². The molecule has 7 nitrogen and oxygen atoms in total. The highest BCUT2D eigenvalue weighted by Gasteiger charge is 2.14. The van der Waals surface area contributed by atoms with E-state index in [1.54, 1.807) is 18.5 Å². The number of pyridine rings is 2. The standard InChI is InChI=1S/C19H17N5O2/c1-24(2)12-5-3-11(4-6-12)21-17-13-7-8-20-10-15(13)14-9-16(19(25)26)22-18(14)23-17/h3-10H,1-2H3,(H,25,26)(H2,21,22,23). The van der Waals surface area contributed by atoms with Crippen LogP contribution in [0.15, 0.2) is 48.8 Å². The molecule has 0 saturated heterocycles. The normalized spacial score (nSPS) is 11.0. The maximum absolute atomic E-state index is 11.3. The number of carboxylic acid groups (broad SMARTS) is 1. The lowest BCUT2D eigenvalue weighted by Crippen LogP contribution is -2.08. The van der Waals surface area contributed by atoms with Crippen molar-refractivity contribution < 1.29 is 9.90 Å². The number of nitrogens with zero attached hydrogens (tertiary/aromatic N) is 3. The van der Waals surface area contributed by atoms with Gasteiger partial charge in [-0.2, -0.15) is 0 Å². The van der Waals surface area contributed by atoms with E-state index in [1.807, 2.05) is 49.3 Å². The molecule has 1 aromatic carbocycles. The number of hydrogen-bond acceptors (Lipinski definition) is 5. The van der Waals surface area contributed by atoms with Crippen LogP contribution in [0.2, 0.25) is 0 Å². The lowest BCUT2D eigenvalue weighted by atomic mass is 10.1. The zero-order valence-corrected chi connectivity index (χ0v) is 14.3. The van der Waals surface area contributed by atoms with E-state index in [9.17, 15) is 9.90 Å². The third-order valence-corrected chi connectivity index (χ3v) is 4.26. The SMILES string of the molecule is CN(C)c1ccc(Nc2nc3[nH]c(C(=O)O)cc3c3cnccc23)cc1. The van der Waals surface area contributed by atoms with Crippen LogP contribution in [0.3, 0.4) is 0 Å². The Morgan fingerprint density at radius 1 is 1.12 bits per heavy atom. The third kappa shape index (κ3) is 2.69. The molecule has 0 aliphatic carbocycles. The summed E-state index contributed by atoms with van der Waals surface area (Å²) >= 11 is 0. The monoisotopic (exact) mass is 347 g/mol. The number of carbonyl (C=O) groups is 1. The van der Waals surface area contributed by atoms with Gasteiger partial charge in [-0.3, -0.25) is 4.98 Å². The zero-order chi connectivity index (χ0) is 18.3. The van der Waals surface area contributed by atoms with Gasteiger partial charge in [0.1, 0.15) is 17.2 Å². The molecule has 0 amide bonds. The number of H-pyrrole nitrogens is 1. The lowest BCUT2D eigenvalue weighted by molar-refractivity contribution is 0.0691. The minimum absolute atomic E-state index is 0.102. The predicted molar refractivity (Wildman–Crippen MR) is 102 cm³/mol. The fourth-order valence-electron chi connectivity index (χ4n) is 2.91. The number of hydrogen-bond donors (Lipinski definition) is 3. The molecule has 3 heterocycles. The van der Waals surface area contributed by atoms with Crippen LogP contribution in [0.4, 0.5) is 17.2 Å². The summed E-state index contributed by atoms with van der Waals surface area (Å²) in [6, 6.07) is 11.4. The lowest BCUT2D eigenvalue weighted by Gasteiger charge is -2.14. The number of fused-ring (bicyclic) bond motifs is 3. The number of benzene rings is 1. The molecule has 0 unspecified atom stereocenters. The van der Waals surface area contributed by atoms with Gasteiger partial charge in [0.25, 0.3) is 0 Å². The highest BCUT2D eigenvalue weighted by molar-refractivity contribution is 6.11. The van der Waals surface area contributed by atoms with Crippen LogP contribution in [0.25, 0.3) is 21.8 Å². The van der Waals surface area contributed by atoms with Crippen LogP contribution in [0.5, 0.6) is 0 Å². The average molecular weight is 347 g/mol. The first kappa shape index (κ1) is 15.9. The van der Waals surface area contributed by atoms with Gasteiger partial charge in [0.05, 0.1) is 0 Å². The summed E-state index contributed by atoms with van der Waals surface area (Å²) in [4.78, 5) is 24.9. The Labute approximate surface area is 149 Å². The zero-order valence-electron chi connectivity index (χ0n) is 14.3. The van der Waals surface area contributed by atoms with Gasteiger partial charge in [0.2, 0.25) is 0 Å². The van der Waals surface area contributed by atoms with Crippen LogP contribution in [-0.4, -0.2) is 40.1 Å². The molecule has 0 spiro atoms. The second-order valence-electron chi connectivity index (χ2n) is 6.20. The fourth-order valence-corrected chi connectivity index (χ4v) is 2.91. The van der Waals surface area contributed by atoms with E-state index >= 15 is 0 Å². The minimum Gasteiger partial charge on any atom is -0.477 e. The van der Waals surface area contributed by atoms with Crippen molar-refractivity contribution >= 4 is 45.0 Å². The Kier molecular flexibility index (Phi) is 3.69. The molecule has 0 aliphatic rings. The summed E-state index contributed by atoms with van der Waals surface area (Å²) in [7, 11) is 3.98. The molecule has 0 radical (unpaired) electrons. The Bertz CT molecular complexity index is 1120. The van der Waals surface area contributed by atoms with E-state index in [0.717, 1.165) is 27.5 Å². The largest absolute Gasteiger partial charge is 0.477 e. The summed E-state index contributed by atoms with van der Waals surface area (Å²) in [6.07, 6.45) is 3.42. The first-order valence-corrected chi connectivity index (χ1v) is 8.07. The van der Waals surface area contributed by atoms with Gasteiger partial charge in [-0.25, -0.2) is 9.78 Å². The van der Waals surface area contributed by atoms with E-state index in [-0.39, 0.29) is 5.69 Å². The second-order valence-corrected chi connectivity index (χ2v) is 6.20. The molecule has 0 bridgehead atoms. The van der Waals surface area contributed by atoms with Crippen molar-refractivity contribution in [2.75, 3.05) is 24.3 Å². The van der Waals surface area contributed by atoms with E-state index in [0.29, 0.717) is 11.5 Å². The highest BCUT2D eigenvalue weighted by Crippen LogP contribution is 2.31. The maximum Gasteiger partial charge on any atom is 0.352 e. The third-order valence-electron chi connectivity index (χ3n) is 4.26. The first-order valence-electron chi connectivity index (χ1n) is 8.07. The molecule has 4 aromatic rings. The molecule has 4 rings (SSSR count). The van der Waals surface area contributed by atoms with E-state index in [4.69, 9.17) is 0 Å². The number of aromatic nitrogens is 3. The van der Waals surface area contributed by atoms with E-state index in [1.165, 1.54) is 0 Å². The van der Waals surface area contributed by atoms with Crippen molar-refractivity contribution in [1.29, 1.82) is 0 Å². The van der Waals surface area contributed by atoms with Crippen molar-refractivity contribution in [2.45, 2.75) is 0 Å². The molecule has 3 N–H and O–H groups in total. The molecule has 0 fully saturated rings. The van der Waals surface area contributed by atoms with Gasteiger partial charge < -0.3 is 20.3 Å². The van der Waals surface area contributed by atoms with Crippen molar-refractivity contribution in [1.82, 2.24) is 15.0 Å². The van der Waals surface area contributed by atoms with Crippen LogP contribution in [-0.2, 0) is 0 Å². The number of nitrogens with one attached hydrogen (secondary N) is 2. The van der Waals surface area contributed by atoms with Gasteiger partial charge in [0, 0.05) is 54.0 Å². The Balaban J connectivity index is 1.84. The first-order chi connectivity index (χ1) is 12.5. The summed E-state index contributed by atoms with van der Waals surface area (Å²) in [5, 5.41) is 15.0. The Morgan fingerprint density at radius 3 is 2.58 bits per heavy atom. The van der Waals surface area contributed by atoms with Crippen LogP contribution < -0.4 is 10.2 Å². The van der Waals surface area contributed by atoms with Gasteiger partial charge in [-0.05, 0) is 36.4 Å². The summed E-state index contributed by atoms with van der Waals surface area (Å²) in [5.41, 5.74) is 2.61. The van der Waals surface area contributed by atoms with Gasteiger partial charge in [-0.1, -0.05) is 0 Å². The van der Waals surface area contributed by atoms with Gasteiger partial charge >= 0.3 is 5.97 Å². The summed E-state index contributed by atoms with van der Waals surface area (Å²) in [6.45, 7) is 0. The number of anilines is 3. The van der Waals surface area contributed by atoms with Crippen molar-refractivity contribution in [3.63, 3.8) is 0 Å². The van der Waals surface area contributed by atoms with Gasteiger partial charge in [-0.15, -0.1) is 0 Å². The maximum atomic E-state index is 11.3. The van der Waals surface area contributed by atoms with E-state index < -0.39 is 5.97 Å². The summed E-state index contributed by atoms with van der Waals surface area (Å²) < 4.78 is 0. The number of aromatic carboxylic acids is 1. The molecule has 26 heavy (non-hydrogen) atoms. The van der Waals surface area contributed by atoms with Crippen LogP contribution in [0, 0.1) is 0 Å². The molecule has 7 heteroatoms. The Morgan fingerprint density at radius 2 is 1.88 bits per heavy atom. The van der Waals surface area contributed by atoms with E-state index in [2.05, 4.69) is 20.3 Å². The predicted octanol–water partition coefficient (Wildman–Crippen LogP) is 3.62. The second kappa shape index (κ2) is 6.03. The molecular formula is C19H17N5O2. The minimum atomic E-state index is -1.02. The number of rotatable bonds is 4. The summed E-state index contributed by atoms with van der Waals surface area (Å²) in [5.74, 6) is -0.375. The molecule has 3 aromatic heterocycles. The number of carboxylic acids is 1. The molecule has 0 aliphatic heterocycles. The van der Waals surface area contributed by atoms with Crippen molar-refractivity contribution in [3.8, 4) is 0 Å². The Hall–Kier alpha value is -3.61. The van der Waals surface area contributed by atoms with Crippen molar-refractivity contribution in [2.24, 2.45) is 0 Å². The van der Waals surface area contributed by atoms with Crippen LogP contribution >= 0.6 is 0 Å². The topological polar surface area (TPSA) is 94.1 Å². The smallest absolute Gasteiger partial charge is 0.352 e. The fraction of sp³-hybridized carbons (Fsp3) is 0.105. The molecule has 0 atom stereocenters. The quantitative estimate of drug-likeness (QED) is 0.522. The van der Waals surface area contributed by atoms with Crippen LogP contribution in [0.1, 0.15) is 10.5 Å². The molecular weight excluding hydrogens is 330 g/mol. The molecule has 0 saturated carbocycles. The molecule has 130 valence electrons. The highest BCUT2D eigenvalue weighted by atomic mass is 16.4. The average Bonchev–Trinajstić information content (AvgIpc) is 3.07. The number of aromatic amines is 1.